The quantitative estimate of drug-likeness (QED) is 0.656. The van der Waals surface area contributed by atoms with Gasteiger partial charge in [-0.05, 0) is 30.2 Å². The third-order valence-electron chi connectivity index (χ3n) is 3.96. The van der Waals surface area contributed by atoms with Crippen molar-refractivity contribution < 1.29 is 14.3 Å². The van der Waals surface area contributed by atoms with Gasteiger partial charge in [0.05, 0.1) is 23.8 Å². The van der Waals surface area contributed by atoms with Crippen molar-refractivity contribution in [2.45, 2.75) is 26.2 Å². The fraction of sp³-hybridized carbons (Fsp3) is 0.389. The summed E-state index contributed by atoms with van der Waals surface area (Å²) in [4.78, 5) is 24.8. The van der Waals surface area contributed by atoms with Crippen LogP contribution in [0.1, 0.15) is 30.4 Å². The Balaban J connectivity index is 2.63. The molecular weight excluding hydrogens is 324 g/mol. The predicted octanol–water partition coefficient (Wildman–Crippen LogP) is 2.88. The Morgan fingerprint density at radius 2 is 2.12 bits per heavy atom. The lowest BCUT2D eigenvalue weighted by Crippen LogP contribution is -2.44. The number of carbonyl (C=O) groups excluding carboxylic acids is 2. The van der Waals surface area contributed by atoms with Gasteiger partial charge in [-0.2, -0.15) is 5.26 Å². The van der Waals surface area contributed by atoms with Crippen LogP contribution in [-0.4, -0.2) is 24.7 Å². The molecule has 0 saturated carbocycles. The van der Waals surface area contributed by atoms with Crippen molar-refractivity contribution in [2.24, 2.45) is 5.92 Å². The van der Waals surface area contributed by atoms with Crippen molar-refractivity contribution in [3.63, 3.8) is 0 Å². The number of esters is 1. The van der Waals surface area contributed by atoms with Crippen LogP contribution in [-0.2, 0) is 14.3 Å². The number of amides is 1. The molecule has 6 heteroatoms. The number of methoxy groups -OCH3 is 1. The number of thioether (sulfide) groups is 1. The number of allylic oxidation sites excluding steroid dienone is 1. The van der Waals surface area contributed by atoms with Crippen molar-refractivity contribution in [3.05, 3.63) is 46.0 Å². The van der Waals surface area contributed by atoms with Gasteiger partial charge in [-0.3, -0.25) is 9.59 Å². The number of benzene rings is 1. The van der Waals surface area contributed by atoms with E-state index in [0.29, 0.717) is 10.6 Å². The van der Waals surface area contributed by atoms with Gasteiger partial charge in [-0.25, -0.2) is 0 Å². The van der Waals surface area contributed by atoms with Crippen molar-refractivity contribution in [1.82, 2.24) is 5.32 Å². The van der Waals surface area contributed by atoms with Gasteiger partial charge in [-0.15, -0.1) is 11.8 Å². The monoisotopic (exact) mass is 344 g/mol. The molecule has 0 fully saturated rings. The summed E-state index contributed by atoms with van der Waals surface area (Å²) >= 11 is 1.43. The highest BCUT2D eigenvalue weighted by Gasteiger charge is 2.44. The first-order chi connectivity index (χ1) is 11.5. The molecular formula is C18H20N2O3S. The number of aryl methyl sites for hydroxylation is 1. The standard InChI is InChI=1S/C18H20N2O3S/c1-4-9-24-17-13(10-19)14(12-8-6-5-7-11(12)2)15(16(21)20-17)18(22)23-3/h5-8,14-15H,4,9H2,1-3H3,(H,20,21)/t14-,15-/m0/s1. The molecule has 0 aliphatic carbocycles. The van der Waals surface area contributed by atoms with E-state index in [1.54, 1.807) is 0 Å². The van der Waals surface area contributed by atoms with Gasteiger partial charge in [-0.1, -0.05) is 31.2 Å². The molecule has 0 spiro atoms. The molecule has 126 valence electrons. The molecule has 0 radical (unpaired) electrons. The fourth-order valence-corrected chi connectivity index (χ4v) is 3.70. The van der Waals surface area contributed by atoms with Crippen LogP contribution in [0.25, 0.3) is 0 Å². The summed E-state index contributed by atoms with van der Waals surface area (Å²) in [6.07, 6.45) is 0.915. The Labute approximate surface area is 146 Å². The molecule has 1 aliphatic heterocycles. The second-order valence-corrected chi connectivity index (χ2v) is 6.63. The average Bonchev–Trinajstić information content (AvgIpc) is 2.59. The van der Waals surface area contributed by atoms with E-state index in [1.807, 2.05) is 38.1 Å². The number of rotatable bonds is 5. The molecule has 1 aromatic carbocycles. The minimum atomic E-state index is -1.06. The number of nitrogens with zero attached hydrogens (tertiary/aromatic N) is 1. The lowest BCUT2D eigenvalue weighted by atomic mass is 9.77. The van der Waals surface area contributed by atoms with Gasteiger partial charge in [0.15, 0.2) is 0 Å². The Morgan fingerprint density at radius 1 is 1.42 bits per heavy atom. The molecule has 1 N–H and O–H groups in total. The fourth-order valence-electron chi connectivity index (χ4n) is 2.80. The van der Waals surface area contributed by atoms with Crippen LogP contribution in [0.4, 0.5) is 0 Å². The number of ether oxygens (including phenoxy) is 1. The predicted molar refractivity (Wildman–Crippen MR) is 93.0 cm³/mol. The van der Waals surface area contributed by atoms with E-state index in [2.05, 4.69) is 11.4 Å². The molecule has 1 heterocycles. The zero-order valence-electron chi connectivity index (χ0n) is 14.0. The summed E-state index contributed by atoms with van der Waals surface area (Å²) in [6.45, 7) is 3.93. The second kappa shape index (κ2) is 8.02. The van der Waals surface area contributed by atoms with Crippen LogP contribution >= 0.6 is 11.8 Å². The first-order valence-electron chi connectivity index (χ1n) is 7.76. The first-order valence-corrected chi connectivity index (χ1v) is 8.75. The minimum absolute atomic E-state index is 0.415. The first kappa shape index (κ1) is 18.1. The SMILES string of the molecule is CCCSC1=C(C#N)[C@H](c2ccccc2C)[C@H](C(=O)OC)C(=O)N1. The van der Waals surface area contributed by atoms with Crippen LogP contribution in [0.3, 0.4) is 0 Å². The second-order valence-electron chi connectivity index (χ2n) is 5.53. The normalized spacial score (nSPS) is 20.3. The molecule has 1 aliphatic rings. The minimum Gasteiger partial charge on any atom is -0.468 e. The highest BCUT2D eigenvalue weighted by molar-refractivity contribution is 8.03. The van der Waals surface area contributed by atoms with Crippen LogP contribution in [0.5, 0.6) is 0 Å². The number of nitriles is 1. The van der Waals surface area contributed by atoms with E-state index >= 15 is 0 Å². The molecule has 1 amide bonds. The summed E-state index contributed by atoms with van der Waals surface area (Å²) < 4.78 is 4.82. The largest absolute Gasteiger partial charge is 0.468 e. The van der Waals surface area contributed by atoms with Gasteiger partial charge in [0.1, 0.15) is 5.92 Å². The summed E-state index contributed by atoms with van der Waals surface area (Å²) in [5, 5.41) is 13.0. The lowest BCUT2D eigenvalue weighted by Gasteiger charge is -2.31. The topological polar surface area (TPSA) is 79.2 Å². The summed E-state index contributed by atoms with van der Waals surface area (Å²) in [5.74, 6) is -1.96. The van der Waals surface area contributed by atoms with Gasteiger partial charge >= 0.3 is 5.97 Å². The van der Waals surface area contributed by atoms with Crippen molar-refractivity contribution in [1.29, 1.82) is 5.26 Å². The molecule has 0 aromatic heterocycles. The van der Waals surface area contributed by atoms with Crippen LogP contribution < -0.4 is 5.32 Å². The molecule has 0 saturated heterocycles. The average molecular weight is 344 g/mol. The van der Waals surface area contributed by atoms with E-state index < -0.39 is 23.7 Å². The van der Waals surface area contributed by atoms with Crippen LogP contribution in [0, 0.1) is 24.2 Å². The van der Waals surface area contributed by atoms with Crippen LogP contribution in [0.15, 0.2) is 34.9 Å². The van der Waals surface area contributed by atoms with Crippen molar-refractivity contribution in [3.8, 4) is 6.07 Å². The van der Waals surface area contributed by atoms with Crippen LogP contribution in [0.2, 0.25) is 0 Å². The number of carbonyl (C=O) groups is 2. The Hall–Kier alpha value is -2.26. The summed E-state index contributed by atoms with van der Waals surface area (Å²) in [7, 11) is 1.25. The molecule has 0 bridgehead atoms. The zero-order valence-corrected chi connectivity index (χ0v) is 14.8. The maximum atomic E-state index is 12.6. The van der Waals surface area contributed by atoms with E-state index in [1.165, 1.54) is 18.9 Å². The van der Waals surface area contributed by atoms with Crippen molar-refractivity contribution in [2.75, 3.05) is 12.9 Å². The van der Waals surface area contributed by atoms with Crippen molar-refractivity contribution >= 4 is 23.6 Å². The third-order valence-corrected chi connectivity index (χ3v) is 5.18. The lowest BCUT2D eigenvalue weighted by molar-refractivity contribution is -0.150. The molecule has 2 atom stereocenters. The molecule has 1 aromatic rings. The number of nitrogens with one attached hydrogen (secondary N) is 1. The van der Waals surface area contributed by atoms with E-state index in [4.69, 9.17) is 4.74 Å². The maximum Gasteiger partial charge on any atom is 0.319 e. The third kappa shape index (κ3) is 3.46. The Morgan fingerprint density at radius 3 is 2.71 bits per heavy atom. The summed E-state index contributed by atoms with van der Waals surface area (Å²) in [6, 6.07) is 9.70. The number of hydrogen-bond acceptors (Lipinski definition) is 5. The summed E-state index contributed by atoms with van der Waals surface area (Å²) in [5.41, 5.74) is 2.14. The highest BCUT2D eigenvalue weighted by Crippen LogP contribution is 2.41. The molecule has 5 nitrogen and oxygen atoms in total. The highest BCUT2D eigenvalue weighted by atomic mass is 32.2. The molecule has 24 heavy (non-hydrogen) atoms. The van der Waals surface area contributed by atoms with Gasteiger partial charge < -0.3 is 10.1 Å². The van der Waals surface area contributed by atoms with E-state index in [9.17, 15) is 14.9 Å². The van der Waals surface area contributed by atoms with Gasteiger partial charge in [0, 0.05) is 5.92 Å². The number of hydrogen-bond donors (Lipinski definition) is 1. The smallest absolute Gasteiger partial charge is 0.319 e. The maximum absolute atomic E-state index is 12.6. The Kier molecular flexibility index (Phi) is 6.04. The zero-order chi connectivity index (χ0) is 17.7. The molecule has 2 rings (SSSR count). The van der Waals surface area contributed by atoms with Gasteiger partial charge in [0.2, 0.25) is 5.91 Å². The molecule has 0 unspecified atom stereocenters. The van der Waals surface area contributed by atoms with E-state index in [0.717, 1.165) is 23.3 Å². The van der Waals surface area contributed by atoms with Gasteiger partial charge in [0.25, 0.3) is 0 Å². The Bertz CT molecular complexity index is 721. The van der Waals surface area contributed by atoms with E-state index in [-0.39, 0.29) is 0 Å².